The molecule has 3 rings (SSSR count). The third-order valence-corrected chi connectivity index (χ3v) is 3.69. The van der Waals surface area contributed by atoms with Crippen molar-refractivity contribution in [3.63, 3.8) is 0 Å². The van der Waals surface area contributed by atoms with Crippen LogP contribution in [-0.2, 0) is 0 Å². The standard InChI is InChI=1S/C12H14N4/c1-15-7-11-4-10(15)8-16(11)12-3-2-9(5-13)6-14-12/h2-3,6,10-11H,4,7-8H2,1H3/t10-,11-/m0/s1. The fourth-order valence-corrected chi connectivity index (χ4v) is 2.77. The quantitative estimate of drug-likeness (QED) is 0.695. The van der Waals surface area contributed by atoms with E-state index in [0.29, 0.717) is 17.6 Å². The molecule has 1 aromatic heterocycles. The summed E-state index contributed by atoms with van der Waals surface area (Å²) in [4.78, 5) is 9.15. The number of nitrogens with zero attached hydrogens (tertiary/aromatic N) is 4. The van der Waals surface area contributed by atoms with E-state index < -0.39 is 0 Å². The monoisotopic (exact) mass is 214 g/mol. The van der Waals surface area contributed by atoms with Crippen molar-refractivity contribution in [2.45, 2.75) is 18.5 Å². The molecule has 0 unspecified atom stereocenters. The van der Waals surface area contributed by atoms with Gasteiger partial charge in [0.15, 0.2) is 0 Å². The third kappa shape index (κ3) is 1.36. The highest BCUT2D eigenvalue weighted by Crippen LogP contribution is 2.32. The SMILES string of the molecule is CN1C[C@@H]2C[C@H]1CN2c1ccc(C#N)cn1. The number of rotatable bonds is 1. The molecule has 0 spiro atoms. The van der Waals surface area contributed by atoms with E-state index in [1.165, 1.54) is 6.42 Å². The van der Waals surface area contributed by atoms with E-state index in [2.05, 4.69) is 27.9 Å². The number of pyridine rings is 1. The molecule has 0 aliphatic carbocycles. The summed E-state index contributed by atoms with van der Waals surface area (Å²) in [6, 6.07) is 7.19. The maximum absolute atomic E-state index is 8.72. The van der Waals surface area contributed by atoms with Crippen LogP contribution in [0.3, 0.4) is 0 Å². The highest BCUT2D eigenvalue weighted by Gasteiger charge is 2.41. The minimum atomic E-state index is 0.607. The van der Waals surface area contributed by atoms with Gasteiger partial charge in [0.05, 0.1) is 5.56 Å². The number of fused-ring (bicyclic) bond motifs is 2. The van der Waals surface area contributed by atoms with Gasteiger partial charge in [-0.1, -0.05) is 0 Å². The van der Waals surface area contributed by atoms with Crippen LogP contribution in [0.25, 0.3) is 0 Å². The van der Waals surface area contributed by atoms with Gasteiger partial charge >= 0.3 is 0 Å². The summed E-state index contributed by atoms with van der Waals surface area (Å²) in [7, 11) is 2.19. The molecule has 0 aromatic carbocycles. The number of likely N-dealkylation sites (tertiary alicyclic amines) is 1. The molecule has 2 bridgehead atoms. The lowest BCUT2D eigenvalue weighted by Crippen LogP contribution is -2.44. The predicted molar refractivity (Wildman–Crippen MR) is 61.1 cm³/mol. The summed E-state index contributed by atoms with van der Waals surface area (Å²) in [5.74, 6) is 1.01. The van der Waals surface area contributed by atoms with Crippen LogP contribution < -0.4 is 4.90 Å². The summed E-state index contributed by atoms with van der Waals surface area (Å²) >= 11 is 0. The minimum Gasteiger partial charge on any atom is -0.351 e. The van der Waals surface area contributed by atoms with E-state index in [1.807, 2.05) is 12.1 Å². The predicted octanol–water partition coefficient (Wildman–Crippen LogP) is 0.846. The lowest BCUT2D eigenvalue weighted by molar-refractivity contribution is 0.292. The molecule has 4 nitrogen and oxygen atoms in total. The van der Waals surface area contributed by atoms with E-state index >= 15 is 0 Å². The number of hydrogen-bond donors (Lipinski definition) is 0. The zero-order valence-corrected chi connectivity index (χ0v) is 9.30. The molecular formula is C12H14N4. The zero-order chi connectivity index (χ0) is 11.1. The summed E-state index contributed by atoms with van der Waals surface area (Å²) in [5, 5.41) is 8.72. The van der Waals surface area contributed by atoms with Crippen LogP contribution in [0.5, 0.6) is 0 Å². The van der Waals surface area contributed by atoms with Gasteiger partial charge in [-0.2, -0.15) is 5.26 Å². The zero-order valence-electron chi connectivity index (χ0n) is 9.30. The first kappa shape index (κ1) is 9.61. The lowest BCUT2D eigenvalue weighted by atomic mass is 10.2. The van der Waals surface area contributed by atoms with E-state index in [9.17, 15) is 0 Å². The first-order chi connectivity index (χ1) is 7.78. The molecule has 2 aliphatic heterocycles. The molecular weight excluding hydrogens is 200 g/mol. The molecule has 82 valence electrons. The number of nitriles is 1. The Morgan fingerprint density at radius 1 is 1.38 bits per heavy atom. The van der Waals surface area contributed by atoms with Gasteiger partial charge in [0.25, 0.3) is 0 Å². The van der Waals surface area contributed by atoms with Crippen LogP contribution in [-0.4, -0.2) is 42.1 Å². The molecule has 16 heavy (non-hydrogen) atoms. The average Bonchev–Trinajstić information content (AvgIpc) is 2.88. The Morgan fingerprint density at radius 2 is 2.25 bits per heavy atom. The van der Waals surface area contributed by atoms with Crippen molar-refractivity contribution in [2.24, 2.45) is 0 Å². The molecule has 1 aromatic rings. The van der Waals surface area contributed by atoms with Crippen molar-refractivity contribution in [2.75, 3.05) is 25.0 Å². The van der Waals surface area contributed by atoms with Gasteiger partial charge in [0, 0.05) is 31.4 Å². The van der Waals surface area contributed by atoms with Gasteiger partial charge in [0.1, 0.15) is 11.9 Å². The van der Waals surface area contributed by atoms with Crippen molar-refractivity contribution in [1.82, 2.24) is 9.88 Å². The number of anilines is 1. The second-order valence-electron chi connectivity index (χ2n) is 4.65. The topological polar surface area (TPSA) is 43.2 Å². The molecule has 3 heterocycles. The van der Waals surface area contributed by atoms with Crippen LogP contribution >= 0.6 is 0 Å². The van der Waals surface area contributed by atoms with Crippen molar-refractivity contribution in [3.8, 4) is 6.07 Å². The number of aromatic nitrogens is 1. The highest BCUT2D eigenvalue weighted by atomic mass is 15.4. The summed E-state index contributed by atoms with van der Waals surface area (Å²) < 4.78 is 0. The fourth-order valence-electron chi connectivity index (χ4n) is 2.77. The van der Waals surface area contributed by atoms with Crippen molar-refractivity contribution in [1.29, 1.82) is 5.26 Å². The third-order valence-electron chi connectivity index (χ3n) is 3.69. The molecule has 2 aliphatic rings. The maximum atomic E-state index is 8.72. The summed E-state index contributed by atoms with van der Waals surface area (Å²) in [6.45, 7) is 2.20. The summed E-state index contributed by atoms with van der Waals surface area (Å²) in [5.41, 5.74) is 0.630. The normalized spacial score (nSPS) is 28.4. The molecule has 2 atom stereocenters. The van der Waals surface area contributed by atoms with Crippen molar-refractivity contribution >= 4 is 5.82 Å². The van der Waals surface area contributed by atoms with Crippen LogP contribution in [0.4, 0.5) is 5.82 Å². The summed E-state index contributed by atoms with van der Waals surface area (Å²) in [6.07, 6.45) is 2.91. The van der Waals surface area contributed by atoms with Crippen LogP contribution in [0.2, 0.25) is 0 Å². The highest BCUT2D eigenvalue weighted by molar-refractivity contribution is 5.45. The Labute approximate surface area is 95.1 Å². The van der Waals surface area contributed by atoms with Gasteiger partial charge < -0.3 is 4.90 Å². The molecule has 0 saturated carbocycles. The van der Waals surface area contributed by atoms with Crippen LogP contribution in [0.15, 0.2) is 18.3 Å². The van der Waals surface area contributed by atoms with Crippen molar-refractivity contribution in [3.05, 3.63) is 23.9 Å². The van der Waals surface area contributed by atoms with E-state index in [0.717, 1.165) is 18.9 Å². The van der Waals surface area contributed by atoms with Gasteiger partial charge in [-0.25, -0.2) is 4.98 Å². The molecule has 2 saturated heterocycles. The Hall–Kier alpha value is -1.60. The van der Waals surface area contributed by atoms with Gasteiger partial charge in [-0.05, 0) is 25.6 Å². The molecule has 4 heteroatoms. The molecule has 0 radical (unpaired) electrons. The van der Waals surface area contributed by atoms with Gasteiger partial charge in [-0.15, -0.1) is 0 Å². The van der Waals surface area contributed by atoms with Crippen LogP contribution in [0.1, 0.15) is 12.0 Å². The Kier molecular flexibility index (Phi) is 2.08. The second-order valence-corrected chi connectivity index (χ2v) is 4.65. The first-order valence-corrected chi connectivity index (χ1v) is 5.61. The molecule has 0 amide bonds. The van der Waals surface area contributed by atoms with Gasteiger partial charge in [0.2, 0.25) is 0 Å². The largest absolute Gasteiger partial charge is 0.351 e. The number of likely N-dealkylation sites (N-methyl/N-ethyl adjacent to an activating group) is 1. The smallest absolute Gasteiger partial charge is 0.128 e. The molecule has 2 fully saturated rings. The lowest BCUT2D eigenvalue weighted by Gasteiger charge is -2.32. The Balaban J connectivity index is 1.82. The number of piperazine rings is 1. The van der Waals surface area contributed by atoms with Gasteiger partial charge in [-0.3, -0.25) is 4.90 Å². The first-order valence-electron chi connectivity index (χ1n) is 5.61. The average molecular weight is 214 g/mol. The fraction of sp³-hybridized carbons (Fsp3) is 0.500. The van der Waals surface area contributed by atoms with Crippen LogP contribution in [0, 0.1) is 11.3 Å². The Bertz CT molecular complexity index is 431. The Morgan fingerprint density at radius 3 is 2.75 bits per heavy atom. The van der Waals surface area contributed by atoms with E-state index in [-0.39, 0.29) is 0 Å². The van der Waals surface area contributed by atoms with E-state index in [1.54, 1.807) is 6.20 Å². The second kappa shape index (κ2) is 3.46. The number of hydrogen-bond acceptors (Lipinski definition) is 4. The van der Waals surface area contributed by atoms with Crippen molar-refractivity contribution < 1.29 is 0 Å². The van der Waals surface area contributed by atoms with E-state index in [4.69, 9.17) is 5.26 Å². The minimum absolute atomic E-state index is 0.607. The molecule has 0 N–H and O–H groups in total. The maximum Gasteiger partial charge on any atom is 0.128 e.